The molecule has 33 heavy (non-hydrogen) atoms. The Morgan fingerprint density at radius 1 is 1.06 bits per heavy atom. The van der Waals surface area contributed by atoms with Gasteiger partial charge in [0.25, 0.3) is 11.5 Å². The van der Waals surface area contributed by atoms with Crippen molar-refractivity contribution in [3.63, 3.8) is 0 Å². The molecule has 0 bridgehead atoms. The highest BCUT2D eigenvalue weighted by molar-refractivity contribution is 6.04. The molecule has 4 rings (SSSR count). The lowest BCUT2D eigenvalue weighted by molar-refractivity contribution is 0.102. The summed E-state index contributed by atoms with van der Waals surface area (Å²) in [5.41, 5.74) is 0.705. The van der Waals surface area contributed by atoms with Crippen LogP contribution < -0.4 is 15.6 Å². The number of ether oxygens (including phenoxy) is 1. The third-order valence-electron chi connectivity index (χ3n) is 4.65. The quantitative estimate of drug-likeness (QED) is 0.420. The number of aromatic nitrogens is 3. The van der Waals surface area contributed by atoms with Crippen molar-refractivity contribution in [2.45, 2.75) is 6.42 Å². The maximum absolute atomic E-state index is 13.2. The number of amides is 1. The smallest absolute Gasteiger partial charge is 0.284 e. The Morgan fingerprint density at radius 2 is 1.82 bits per heavy atom. The van der Waals surface area contributed by atoms with E-state index in [1.807, 2.05) is 0 Å². The molecule has 4 aromatic rings. The van der Waals surface area contributed by atoms with Gasteiger partial charge in [0.2, 0.25) is 0 Å². The summed E-state index contributed by atoms with van der Waals surface area (Å²) in [6, 6.07) is 16.7. The van der Waals surface area contributed by atoms with E-state index in [0.29, 0.717) is 35.0 Å². The molecule has 0 radical (unpaired) electrons. The lowest BCUT2D eigenvalue weighted by Crippen LogP contribution is -2.29. The molecule has 1 amide bonds. The van der Waals surface area contributed by atoms with Gasteiger partial charge in [-0.25, -0.2) is 4.39 Å². The molecule has 0 saturated carbocycles. The maximum Gasteiger partial charge on any atom is 0.284 e. The Bertz CT molecular complexity index is 1350. The second-order valence-corrected chi connectivity index (χ2v) is 6.88. The number of rotatable bonds is 7. The van der Waals surface area contributed by atoms with Crippen LogP contribution in [0.5, 0.6) is 11.5 Å². The Kier molecular flexibility index (Phi) is 6.31. The van der Waals surface area contributed by atoms with Gasteiger partial charge in [-0.15, -0.1) is 0 Å². The number of hydrogen-bond acceptors (Lipinski definition) is 6. The fourth-order valence-corrected chi connectivity index (χ4v) is 3.05. The number of halogens is 1. The zero-order chi connectivity index (χ0) is 23.2. The number of nitrogens with zero attached hydrogens (tertiary/aromatic N) is 3. The average molecular weight is 443 g/mol. The maximum atomic E-state index is 13.2. The largest absolute Gasteiger partial charge is 0.455 e. The van der Waals surface area contributed by atoms with E-state index < -0.39 is 17.3 Å². The zero-order valence-corrected chi connectivity index (χ0v) is 17.2. The lowest BCUT2D eigenvalue weighted by Gasteiger charge is -2.10. The number of anilines is 1. The van der Waals surface area contributed by atoms with Crippen molar-refractivity contribution in [1.29, 1.82) is 5.41 Å². The van der Waals surface area contributed by atoms with E-state index in [4.69, 9.17) is 10.1 Å². The minimum atomic E-state index is -0.628. The highest BCUT2D eigenvalue weighted by Crippen LogP contribution is 2.25. The first-order chi connectivity index (χ1) is 16.0. The Balaban J connectivity index is 1.49. The number of carbonyl (C=O) groups excluding carboxylic acids is 1. The molecule has 0 aliphatic heterocycles. The predicted molar refractivity (Wildman–Crippen MR) is 121 cm³/mol. The van der Waals surface area contributed by atoms with Crippen molar-refractivity contribution < 1.29 is 13.9 Å². The molecule has 0 atom stereocenters. The summed E-state index contributed by atoms with van der Waals surface area (Å²) in [5, 5.41) is 13.9. The number of benzene rings is 2. The van der Waals surface area contributed by atoms with Gasteiger partial charge in [-0.05, 0) is 66.7 Å². The Morgan fingerprint density at radius 3 is 2.55 bits per heavy atom. The normalized spacial score (nSPS) is 10.5. The van der Waals surface area contributed by atoms with E-state index in [1.54, 1.807) is 42.6 Å². The summed E-state index contributed by atoms with van der Waals surface area (Å²) in [6.07, 6.45) is 4.56. The molecule has 0 unspecified atom stereocenters. The topological polar surface area (TPSA) is 110 Å². The van der Waals surface area contributed by atoms with Gasteiger partial charge in [-0.1, -0.05) is 0 Å². The standard InChI is InChI=1S/C24H18FN5O3/c25-16-3-7-18(8-4-16)30-24(32)20(12-15-28-30)23(31)29-17-5-9-19(10-6-17)33-22-2-1-14-27-21(22)11-13-26/h1-10,12-15,26H,11H2,(H,29,31). The van der Waals surface area contributed by atoms with Crippen molar-refractivity contribution in [2.24, 2.45) is 0 Å². The van der Waals surface area contributed by atoms with Gasteiger partial charge >= 0.3 is 0 Å². The molecule has 164 valence electrons. The van der Waals surface area contributed by atoms with Crippen LogP contribution in [0.4, 0.5) is 10.1 Å². The molecular formula is C24H18FN5O3. The van der Waals surface area contributed by atoms with Crippen LogP contribution in [-0.2, 0) is 6.42 Å². The molecule has 0 aliphatic rings. The summed E-state index contributed by atoms with van der Waals surface area (Å²) < 4.78 is 20.0. The van der Waals surface area contributed by atoms with E-state index in [1.165, 1.54) is 42.7 Å². The van der Waals surface area contributed by atoms with Crippen LogP contribution >= 0.6 is 0 Å². The molecule has 0 fully saturated rings. The lowest BCUT2D eigenvalue weighted by atomic mass is 10.2. The molecule has 8 nitrogen and oxygen atoms in total. The van der Waals surface area contributed by atoms with E-state index >= 15 is 0 Å². The van der Waals surface area contributed by atoms with Crippen molar-refractivity contribution in [3.8, 4) is 17.2 Å². The molecule has 2 N–H and O–H groups in total. The van der Waals surface area contributed by atoms with Gasteiger partial charge in [-0.3, -0.25) is 14.6 Å². The molecule has 2 aromatic heterocycles. The van der Waals surface area contributed by atoms with Crippen LogP contribution in [0.15, 0.2) is 83.9 Å². The van der Waals surface area contributed by atoms with Crippen molar-refractivity contribution in [2.75, 3.05) is 5.32 Å². The third-order valence-corrected chi connectivity index (χ3v) is 4.65. The molecule has 0 spiro atoms. The molecule has 0 saturated heterocycles. The summed E-state index contributed by atoms with van der Waals surface area (Å²) in [6.45, 7) is 0. The number of pyridine rings is 1. The van der Waals surface area contributed by atoms with Crippen LogP contribution in [0, 0.1) is 11.2 Å². The Labute approximate surface area is 187 Å². The van der Waals surface area contributed by atoms with Gasteiger partial charge in [0.05, 0.1) is 11.4 Å². The number of hydrogen-bond donors (Lipinski definition) is 2. The van der Waals surface area contributed by atoms with Gasteiger partial charge < -0.3 is 15.5 Å². The molecule has 2 heterocycles. The summed E-state index contributed by atoms with van der Waals surface area (Å²) in [7, 11) is 0. The van der Waals surface area contributed by atoms with Gasteiger partial charge in [0.15, 0.2) is 0 Å². The Hall–Kier alpha value is -4.66. The predicted octanol–water partition coefficient (Wildman–Crippen LogP) is 4.00. The van der Waals surface area contributed by atoms with Crippen LogP contribution in [0.25, 0.3) is 5.69 Å². The summed E-state index contributed by atoms with van der Waals surface area (Å²) in [4.78, 5) is 29.6. The van der Waals surface area contributed by atoms with Gasteiger partial charge in [0.1, 0.15) is 22.9 Å². The second-order valence-electron chi connectivity index (χ2n) is 6.88. The number of carbonyl (C=O) groups is 1. The first kappa shape index (κ1) is 21.6. The zero-order valence-electron chi connectivity index (χ0n) is 17.2. The first-order valence-electron chi connectivity index (χ1n) is 9.91. The van der Waals surface area contributed by atoms with E-state index in [0.717, 1.165) is 4.68 Å². The second kappa shape index (κ2) is 9.65. The molecule has 2 aromatic carbocycles. The van der Waals surface area contributed by atoms with Gasteiger partial charge in [-0.2, -0.15) is 9.78 Å². The summed E-state index contributed by atoms with van der Waals surface area (Å²) in [5.74, 6) is 0.0146. The molecule has 0 aliphatic carbocycles. The molecule has 9 heteroatoms. The highest BCUT2D eigenvalue weighted by Gasteiger charge is 2.14. The monoisotopic (exact) mass is 443 g/mol. The number of nitrogens with one attached hydrogen (secondary N) is 2. The van der Waals surface area contributed by atoms with E-state index in [-0.39, 0.29) is 5.56 Å². The minimum Gasteiger partial charge on any atom is -0.455 e. The fourth-order valence-electron chi connectivity index (χ4n) is 3.05. The van der Waals surface area contributed by atoms with Crippen molar-refractivity contribution in [3.05, 3.63) is 107 Å². The molecular weight excluding hydrogens is 425 g/mol. The minimum absolute atomic E-state index is 0.110. The fraction of sp³-hybridized carbons (Fsp3) is 0.0417. The average Bonchev–Trinajstić information content (AvgIpc) is 2.82. The van der Waals surface area contributed by atoms with Crippen LogP contribution in [0.1, 0.15) is 16.1 Å². The first-order valence-corrected chi connectivity index (χ1v) is 9.91. The van der Waals surface area contributed by atoms with E-state index in [9.17, 15) is 14.0 Å². The van der Waals surface area contributed by atoms with E-state index in [2.05, 4.69) is 15.4 Å². The third kappa shape index (κ3) is 4.99. The summed E-state index contributed by atoms with van der Waals surface area (Å²) >= 11 is 0. The van der Waals surface area contributed by atoms with Crippen LogP contribution in [0.2, 0.25) is 0 Å². The highest BCUT2D eigenvalue weighted by atomic mass is 19.1. The van der Waals surface area contributed by atoms with Crippen LogP contribution in [-0.4, -0.2) is 26.9 Å². The van der Waals surface area contributed by atoms with Crippen molar-refractivity contribution >= 4 is 17.8 Å². The van der Waals surface area contributed by atoms with Crippen molar-refractivity contribution in [1.82, 2.24) is 14.8 Å². The van der Waals surface area contributed by atoms with Crippen LogP contribution in [0.3, 0.4) is 0 Å². The van der Waals surface area contributed by atoms with Gasteiger partial charge in [0, 0.05) is 30.7 Å². The SMILES string of the molecule is N=CCc1ncccc1Oc1ccc(NC(=O)c2ccnn(-c3ccc(F)cc3)c2=O)cc1.